The van der Waals surface area contributed by atoms with E-state index in [9.17, 15) is 0 Å². The first kappa shape index (κ1) is 9.70. The molecule has 0 atom stereocenters. The molecule has 6 nitrogen and oxygen atoms in total. The van der Waals surface area contributed by atoms with Gasteiger partial charge >= 0.3 is 0 Å². The highest BCUT2D eigenvalue weighted by Crippen LogP contribution is 2.21. The third-order valence-electron chi connectivity index (χ3n) is 2.09. The molecule has 0 aliphatic rings. The third kappa shape index (κ3) is 1.83. The minimum Gasteiger partial charge on any atom is -0.383 e. The average molecular weight is 206 g/mol. The summed E-state index contributed by atoms with van der Waals surface area (Å²) in [5.41, 5.74) is 6.53. The summed E-state index contributed by atoms with van der Waals surface area (Å²) in [5, 5.41) is 14.5. The molecule has 0 radical (unpaired) electrons. The number of aromatic amines is 1. The third-order valence-corrected chi connectivity index (χ3v) is 2.09. The normalized spacial score (nSPS) is 11.1. The van der Waals surface area contributed by atoms with Crippen LogP contribution in [0.3, 0.4) is 0 Å². The number of hydrogen-bond acceptors (Lipinski definition) is 4. The Morgan fingerprint density at radius 1 is 1.53 bits per heavy atom. The Bertz CT molecular complexity index is 441. The molecule has 0 aliphatic carbocycles. The Kier molecular flexibility index (Phi) is 2.40. The molecule has 0 fully saturated rings. The number of H-pyrrole nitrogens is 1. The Morgan fingerprint density at radius 2 is 2.33 bits per heavy atom. The zero-order valence-corrected chi connectivity index (χ0v) is 8.81. The second kappa shape index (κ2) is 3.72. The first-order valence-electron chi connectivity index (χ1n) is 4.85. The van der Waals surface area contributed by atoms with E-state index in [-0.39, 0.29) is 0 Å². The van der Waals surface area contributed by atoms with Gasteiger partial charge in [-0.2, -0.15) is 5.10 Å². The van der Waals surface area contributed by atoms with E-state index in [2.05, 4.69) is 34.2 Å². The second-order valence-electron chi connectivity index (χ2n) is 3.90. The van der Waals surface area contributed by atoms with Crippen molar-refractivity contribution < 1.29 is 0 Å². The van der Waals surface area contributed by atoms with Gasteiger partial charge < -0.3 is 10.3 Å². The number of nitrogen functional groups attached to an aromatic ring is 1. The van der Waals surface area contributed by atoms with Crippen LogP contribution >= 0.6 is 0 Å². The number of hydrogen-bond donors (Lipinski definition) is 2. The number of nitrogens with two attached hydrogens (primary N) is 1. The maximum atomic E-state index is 5.73. The maximum Gasteiger partial charge on any atom is 0.169 e. The van der Waals surface area contributed by atoms with Gasteiger partial charge in [0, 0.05) is 6.54 Å². The standard InChI is InChI=1S/C9H14N6/c1-6(2)4-15-5-12-14-9(15)7-3-11-13-8(7)10/h3,5-6H,4H2,1-2H3,(H3,10,11,13). The molecular formula is C9H14N6. The van der Waals surface area contributed by atoms with Gasteiger partial charge in [0.1, 0.15) is 12.1 Å². The number of aromatic nitrogens is 5. The van der Waals surface area contributed by atoms with Gasteiger partial charge in [-0.25, -0.2) is 0 Å². The van der Waals surface area contributed by atoms with Crippen molar-refractivity contribution in [2.45, 2.75) is 20.4 Å². The molecule has 2 rings (SSSR count). The lowest BCUT2D eigenvalue weighted by atomic mass is 10.2. The molecule has 0 spiro atoms. The quantitative estimate of drug-likeness (QED) is 0.781. The molecule has 0 saturated heterocycles. The molecule has 0 unspecified atom stereocenters. The highest BCUT2D eigenvalue weighted by atomic mass is 15.3. The average Bonchev–Trinajstić information content (AvgIpc) is 2.73. The first-order chi connectivity index (χ1) is 7.18. The van der Waals surface area contributed by atoms with Crippen molar-refractivity contribution in [3.8, 4) is 11.4 Å². The van der Waals surface area contributed by atoms with Gasteiger partial charge in [0.15, 0.2) is 5.82 Å². The lowest BCUT2D eigenvalue weighted by Gasteiger charge is -2.07. The maximum absolute atomic E-state index is 5.73. The van der Waals surface area contributed by atoms with Crippen molar-refractivity contribution >= 4 is 5.82 Å². The summed E-state index contributed by atoms with van der Waals surface area (Å²) in [6.45, 7) is 5.15. The van der Waals surface area contributed by atoms with E-state index in [4.69, 9.17) is 5.73 Å². The highest BCUT2D eigenvalue weighted by molar-refractivity contribution is 5.67. The summed E-state index contributed by atoms with van der Waals surface area (Å²) >= 11 is 0. The molecule has 0 aliphatic heterocycles. The van der Waals surface area contributed by atoms with Gasteiger partial charge in [0.2, 0.25) is 0 Å². The Morgan fingerprint density at radius 3 is 2.93 bits per heavy atom. The molecular weight excluding hydrogens is 192 g/mol. The summed E-state index contributed by atoms with van der Waals surface area (Å²) in [7, 11) is 0. The molecule has 6 heteroatoms. The van der Waals surface area contributed by atoms with Crippen LogP contribution in [0.1, 0.15) is 13.8 Å². The van der Waals surface area contributed by atoms with Gasteiger partial charge in [-0.3, -0.25) is 5.10 Å². The van der Waals surface area contributed by atoms with Crippen molar-refractivity contribution in [1.82, 2.24) is 25.0 Å². The van der Waals surface area contributed by atoms with E-state index in [1.165, 1.54) is 0 Å². The van der Waals surface area contributed by atoms with Gasteiger partial charge in [-0.1, -0.05) is 13.8 Å². The molecule has 2 aromatic rings. The fraction of sp³-hybridized carbons (Fsp3) is 0.444. The number of nitrogens with zero attached hydrogens (tertiary/aromatic N) is 4. The summed E-state index contributed by atoms with van der Waals surface area (Å²) in [5.74, 6) is 1.82. The van der Waals surface area contributed by atoms with Crippen LogP contribution in [0.2, 0.25) is 0 Å². The van der Waals surface area contributed by atoms with Gasteiger partial charge in [-0.15, -0.1) is 10.2 Å². The van der Waals surface area contributed by atoms with Crippen LogP contribution < -0.4 is 5.73 Å². The summed E-state index contributed by atoms with van der Waals surface area (Å²) in [6, 6.07) is 0. The fourth-order valence-electron chi connectivity index (χ4n) is 1.46. The monoisotopic (exact) mass is 206 g/mol. The Hall–Kier alpha value is -1.85. The minimum atomic E-state index is 0.521. The Labute approximate surface area is 87.5 Å². The van der Waals surface area contributed by atoms with Crippen molar-refractivity contribution in [2.75, 3.05) is 5.73 Å². The van der Waals surface area contributed by atoms with Crippen molar-refractivity contribution in [1.29, 1.82) is 0 Å². The topological polar surface area (TPSA) is 85.4 Å². The number of nitrogens with one attached hydrogen (secondary N) is 1. The zero-order chi connectivity index (χ0) is 10.8. The van der Waals surface area contributed by atoms with Gasteiger partial charge in [-0.05, 0) is 5.92 Å². The molecule has 2 aromatic heterocycles. The zero-order valence-electron chi connectivity index (χ0n) is 8.81. The molecule has 0 amide bonds. The SMILES string of the molecule is CC(C)Cn1cnnc1-c1cn[nH]c1N. The van der Waals surface area contributed by atoms with Crippen LogP contribution in [-0.4, -0.2) is 25.0 Å². The van der Waals surface area contributed by atoms with Crippen molar-refractivity contribution in [2.24, 2.45) is 5.92 Å². The van der Waals surface area contributed by atoms with Crippen LogP contribution in [0.4, 0.5) is 5.82 Å². The predicted molar refractivity (Wildman–Crippen MR) is 56.9 cm³/mol. The molecule has 2 heterocycles. The van der Waals surface area contributed by atoms with E-state index in [0.717, 1.165) is 17.9 Å². The van der Waals surface area contributed by atoms with Crippen molar-refractivity contribution in [3.05, 3.63) is 12.5 Å². The summed E-state index contributed by atoms with van der Waals surface area (Å²) in [4.78, 5) is 0. The Balaban J connectivity index is 2.37. The minimum absolute atomic E-state index is 0.521. The number of anilines is 1. The molecule has 15 heavy (non-hydrogen) atoms. The van der Waals surface area contributed by atoms with Crippen LogP contribution in [0.25, 0.3) is 11.4 Å². The van der Waals surface area contributed by atoms with E-state index in [1.807, 2.05) is 4.57 Å². The second-order valence-corrected chi connectivity index (χ2v) is 3.90. The van der Waals surface area contributed by atoms with E-state index >= 15 is 0 Å². The smallest absolute Gasteiger partial charge is 0.169 e. The van der Waals surface area contributed by atoms with E-state index in [1.54, 1.807) is 12.5 Å². The molecule has 0 saturated carbocycles. The molecule has 80 valence electrons. The van der Waals surface area contributed by atoms with Crippen LogP contribution in [0, 0.1) is 5.92 Å². The summed E-state index contributed by atoms with van der Waals surface area (Å²) < 4.78 is 1.98. The highest BCUT2D eigenvalue weighted by Gasteiger charge is 2.12. The van der Waals surface area contributed by atoms with Crippen molar-refractivity contribution in [3.63, 3.8) is 0 Å². The van der Waals surface area contributed by atoms with Crippen LogP contribution in [0.15, 0.2) is 12.5 Å². The van der Waals surface area contributed by atoms with Crippen LogP contribution in [0.5, 0.6) is 0 Å². The molecule has 3 N–H and O–H groups in total. The largest absolute Gasteiger partial charge is 0.383 e. The summed E-state index contributed by atoms with van der Waals surface area (Å²) in [6.07, 6.45) is 3.37. The van der Waals surface area contributed by atoms with Gasteiger partial charge in [0.05, 0.1) is 11.8 Å². The lowest BCUT2D eigenvalue weighted by molar-refractivity contribution is 0.525. The van der Waals surface area contributed by atoms with E-state index < -0.39 is 0 Å². The first-order valence-corrected chi connectivity index (χ1v) is 4.85. The number of rotatable bonds is 3. The molecule has 0 aromatic carbocycles. The lowest BCUT2D eigenvalue weighted by Crippen LogP contribution is -2.05. The van der Waals surface area contributed by atoms with E-state index in [0.29, 0.717) is 11.7 Å². The van der Waals surface area contributed by atoms with Gasteiger partial charge in [0.25, 0.3) is 0 Å². The predicted octanol–water partition coefficient (Wildman–Crippen LogP) is 0.906. The molecule has 0 bridgehead atoms. The van der Waals surface area contributed by atoms with Crippen LogP contribution in [-0.2, 0) is 6.54 Å². The fourth-order valence-corrected chi connectivity index (χ4v) is 1.46.